The van der Waals surface area contributed by atoms with Crippen LogP contribution >= 0.6 is 0 Å². The lowest BCUT2D eigenvalue weighted by Gasteiger charge is -2.32. The van der Waals surface area contributed by atoms with E-state index in [2.05, 4.69) is 45.5 Å². The number of carbonyl (C=O) groups is 6. The molecule has 0 unspecified atom stereocenters. The van der Waals surface area contributed by atoms with Crippen molar-refractivity contribution in [1.82, 2.24) is 26.2 Å². The minimum absolute atomic E-state index is 0.0114. The Balaban J connectivity index is 1.24. The Morgan fingerprint density at radius 2 is 1.40 bits per heavy atom. The van der Waals surface area contributed by atoms with Crippen molar-refractivity contribution in [3.8, 4) is 33.8 Å². The minimum Gasteiger partial charge on any atom is -0.496 e. The molecule has 4 atom stereocenters. The van der Waals surface area contributed by atoms with E-state index >= 15 is 0 Å². The van der Waals surface area contributed by atoms with Gasteiger partial charge in [0.15, 0.2) is 0 Å². The lowest BCUT2D eigenvalue weighted by molar-refractivity contribution is -0.144. The second-order valence-electron chi connectivity index (χ2n) is 19.3. The molecule has 388 valence electrons. The molecule has 5 rings (SSSR count). The second-order valence-corrected chi connectivity index (χ2v) is 19.3. The second kappa shape index (κ2) is 27.2. The van der Waals surface area contributed by atoms with E-state index in [-0.39, 0.29) is 31.7 Å². The summed E-state index contributed by atoms with van der Waals surface area (Å²) < 4.78 is 11.4. The fourth-order valence-corrected chi connectivity index (χ4v) is 8.89. The molecule has 0 fully saturated rings. The van der Waals surface area contributed by atoms with Crippen LogP contribution < -0.4 is 36.5 Å². The van der Waals surface area contributed by atoms with Gasteiger partial charge in [0.2, 0.25) is 23.6 Å². The summed E-state index contributed by atoms with van der Waals surface area (Å²) in [5, 5.41) is 30.7. The molecule has 1 heterocycles. The van der Waals surface area contributed by atoms with Gasteiger partial charge >= 0.3 is 5.97 Å². The van der Waals surface area contributed by atoms with Crippen molar-refractivity contribution in [1.29, 1.82) is 0 Å². The number of carboxylic acid groups (broad SMARTS) is 1. The number of amides is 5. The van der Waals surface area contributed by atoms with Gasteiger partial charge in [-0.3, -0.25) is 24.0 Å². The van der Waals surface area contributed by atoms with E-state index in [1.54, 1.807) is 48.5 Å². The number of nitrogens with zero attached hydrogens (tertiary/aromatic N) is 1. The number of nitrogens with two attached hydrogens (primary N) is 1. The van der Waals surface area contributed by atoms with Gasteiger partial charge < -0.3 is 51.6 Å². The summed E-state index contributed by atoms with van der Waals surface area (Å²) in [7, 11) is 4.40. The number of carbonyl (C=O) groups excluding carboxylic acids is 5. The van der Waals surface area contributed by atoms with Crippen molar-refractivity contribution in [2.45, 2.75) is 134 Å². The van der Waals surface area contributed by atoms with Crippen LogP contribution in [-0.2, 0) is 36.8 Å². The summed E-state index contributed by atoms with van der Waals surface area (Å²) in [6.45, 7) is 5.48. The number of nitrogens with one attached hydrogen (secondary N) is 4. The molecule has 4 aromatic rings. The summed E-state index contributed by atoms with van der Waals surface area (Å²) in [5.41, 5.74) is 10.9. The molecule has 72 heavy (non-hydrogen) atoms. The van der Waals surface area contributed by atoms with Crippen LogP contribution in [0.2, 0.25) is 0 Å². The van der Waals surface area contributed by atoms with E-state index in [4.69, 9.17) is 15.2 Å². The number of hydrogen-bond donors (Lipinski definition) is 7. The molecule has 16 heteroatoms. The first kappa shape index (κ1) is 56.1. The summed E-state index contributed by atoms with van der Waals surface area (Å²) in [6.07, 6.45) is 9.79. The van der Waals surface area contributed by atoms with Crippen LogP contribution in [0.4, 0.5) is 0 Å². The molecule has 4 aromatic carbocycles. The molecule has 1 aliphatic heterocycles. The number of unbranched alkanes of at least 4 members (excludes halogenated alkanes) is 6. The van der Waals surface area contributed by atoms with E-state index in [0.717, 1.165) is 43.2 Å². The van der Waals surface area contributed by atoms with E-state index in [0.29, 0.717) is 58.7 Å². The van der Waals surface area contributed by atoms with Crippen molar-refractivity contribution in [2.24, 2.45) is 5.73 Å². The van der Waals surface area contributed by atoms with Crippen LogP contribution in [0.3, 0.4) is 0 Å². The lowest BCUT2D eigenvalue weighted by atomic mass is 9.93. The zero-order chi connectivity index (χ0) is 52.4. The lowest BCUT2D eigenvalue weighted by Crippen LogP contribution is -2.54. The van der Waals surface area contributed by atoms with Crippen LogP contribution in [0.25, 0.3) is 22.3 Å². The van der Waals surface area contributed by atoms with Crippen LogP contribution in [0.5, 0.6) is 11.5 Å². The highest BCUT2D eigenvalue weighted by Crippen LogP contribution is 2.40. The van der Waals surface area contributed by atoms with Gasteiger partial charge in [-0.15, -0.1) is 0 Å². The number of aliphatic carboxylic acids is 1. The van der Waals surface area contributed by atoms with Crippen molar-refractivity contribution < 1.29 is 48.5 Å². The maximum absolute atomic E-state index is 14.6. The fourth-order valence-electron chi connectivity index (χ4n) is 8.89. The van der Waals surface area contributed by atoms with Crippen LogP contribution in [0.15, 0.2) is 84.9 Å². The minimum atomic E-state index is -1.35. The third kappa shape index (κ3) is 16.4. The molecule has 0 aliphatic carbocycles. The van der Waals surface area contributed by atoms with Gasteiger partial charge in [-0.25, -0.2) is 4.79 Å². The Labute approximate surface area is 423 Å². The van der Waals surface area contributed by atoms with Gasteiger partial charge in [0, 0.05) is 43.1 Å². The van der Waals surface area contributed by atoms with Gasteiger partial charge in [0.05, 0.1) is 19.8 Å². The standard InChI is InChI=1S/C56H74N6O10/c1-36-51(64)61-46(55(68)69)34-38-19-27-47(71-5)43(33-38)44-35-42(26-28-48(44)72-6)50(53(66)59-36)62(4)54(67)45(16-12-14-31-57)60-49(63)29-32-58-52(65)41-24-22-40(23-25-41)39-20-17-37(18-21-39)15-11-9-7-8-10-13-30-56(2,3)70/h17-28,33,35-36,45-46,50,70H,7-16,29-32,34,57H2,1-6H3,(H,58,65)(H,59,66)(H,60,63)(H,61,64)(H,68,69)/t36-,45-,46-,50-/m0/s1. The number of carboxylic acids is 1. The first-order chi connectivity index (χ1) is 34.4. The average Bonchev–Trinajstić information content (AvgIpc) is 3.35. The zero-order valence-electron chi connectivity index (χ0n) is 42.7. The monoisotopic (exact) mass is 991 g/mol. The largest absolute Gasteiger partial charge is 0.496 e. The number of hydrogen-bond acceptors (Lipinski definition) is 10. The van der Waals surface area contributed by atoms with Crippen molar-refractivity contribution >= 4 is 35.5 Å². The maximum Gasteiger partial charge on any atom is 0.326 e. The quantitative estimate of drug-likeness (QED) is 0.0367. The van der Waals surface area contributed by atoms with E-state index in [1.807, 2.05) is 26.0 Å². The number of methoxy groups -OCH3 is 2. The Morgan fingerprint density at radius 3 is 2.03 bits per heavy atom. The summed E-state index contributed by atoms with van der Waals surface area (Å²) in [4.78, 5) is 82.6. The van der Waals surface area contributed by atoms with Crippen LogP contribution in [-0.4, -0.2) is 109 Å². The molecule has 8 N–H and O–H groups in total. The molecule has 16 nitrogen and oxygen atoms in total. The van der Waals surface area contributed by atoms with E-state index in [1.165, 1.54) is 57.9 Å². The normalized spacial score (nSPS) is 16.3. The predicted octanol–water partition coefficient (Wildman–Crippen LogP) is 6.65. The summed E-state index contributed by atoms with van der Waals surface area (Å²) in [6, 6.07) is 20.8. The third-order valence-electron chi connectivity index (χ3n) is 13.0. The molecule has 1 aliphatic rings. The predicted molar refractivity (Wildman–Crippen MR) is 277 cm³/mol. The Hall–Kier alpha value is -6.78. The first-order valence-corrected chi connectivity index (χ1v) is 25.1. The SMILES string of the molecule is COc1ccc2cc1-c1cc(ccc1OC)[C@H](N(C)C(=O)[C@H](CCCCN)NC(=O)CCNC(=O)c1ccc(-c3ccc(CCCCCCCCC(C)(C)O)cc3)cc1)C(=O)N[C@@H](C)C(=O)N[C@H](C(=O)O)C2. The zero-order valence-corrected chi connectivity index (χ0v) is 42.7. The Kier molecular flexibility index (Phi) is 21.2. The molecular formula is C56H74N6O10. The number of ether oxygens (including phenoxy) is 2. The topological polar surface area (TPSA) is 239 Å². The average molecular weight is 991 g/mol. The Bertz CT molecular complexity index is 2470. The molecule has 0 aromatic heterocycles. The van der Waals surface area contributed by atoms with Crippen LogP contribution in [0.1, 0.15) is 124 Å². The molecular weight excluding hydrogens is 917 g/mol. The molecule has 5 amide bonds. The summed E-state index contributed by atoms with van der Waals surface area (Å²) in [5.74, 6) is -3.37. The van der Waals surface area contributed by atoms with Gasteiger partial charge in [-0.1, -0.05) is 80.6 Å². The smallest absolute Gasteiger partial charge is 0.326 e. The van der Waals surface area contributed by atoms with Crippen molar-refractivity contribution in [3.63, 3.8) is 0 Å². The number of aliphatic hydroxyl groups is 1. The van der Waals surface area contributed by atoms with Gasteiger partial charge in [-0.2, -0.15) is 0 Å². The van der Waals surface area contributed by atoms with Crippen LogP contribution in [0, 0.1) is 0 Å². The number of aryl methyl sites for hydroxylation is 1. The van der Waals surface area contributed by atoms with Gasteiger partial charge in [-0.05, 0) is 130 Å². The van der Waals surface area contributed by atoms with E-state index < -0.39 is 59.4 Å². The Morgan fingerprint density at radius 1 is 0.792 bits per heavy atom. The maximum atomic E-state index is 14.6. The molecule has 0 radical (unpaired) electrons. The number of likely N-dealkylation sites (N-methyl/N-ethyl adjacent to an activating group) is 1. The summed E-state index contributed by atoms with van der Waals surface area (Å²) >= 11 is 0. The van der Waals surface area contributed by atoms with Gasteiger partial charge in [0.1, 0.15) is 35.7 Å². The van der Waals surface area contributed by atoms with Gasteiger partial charge in [0.25, 0.3) is 5.91 Å². The first-order valence-electron chi connectivity index (χ1n) is 25.1. The van der Waals surface area contributed by atoms with Crippen molar-refractivity contribution in [3.05, 3.63) is 107 Å². The van der Waals surface area contributed by atoms with Crippen molar-refractivity contribution in [2.75, 3.05) is 34.4 Å². The highest BCUT2D eigenvalue weighted by atomic mass is 16.5. The highest BCUT2D eigenvalue weighted by molar-refractivity contribution is 5.97. The third-order valence-corrected chi connectivity index (χ3v) is 13.0. The molecule has 0 spiro atoms. The number of rotatable bonds is 24. The number of fused-ring (bicyclic) bond motifs is 5. The number of benzene rings is 4. The molecule has 0 saturated carbocycles. The fraction of sp³-hybridized carbons (Fsp3) is 0.464. The van der Waals surface area contributed by atoms with E-state index in [9.17, 15) is 39.0 Å². The molecule has 4 bridgehead atoms. The molecule has 0 saturated heterocycles. The highest BCUT2D eigenvalue weighted by Gasteiger charge is 2.36.